The highest BCUT2D eigenvalue weighted by atomic mass is 16.2. The number of amides is 2. The molecule has 0 bridgehead atoms. The monoisotopic (exact) mass is 246 g/mol. The molecule has 1 unspecified atom stereocenters. The van der Waals surface area contributed by atoms with Crippen molar-refractivity contribution in [3.63, 3.8) is 0 Å². The lowest BCUT2D eigenvalue weighted by Crippen LogP contribution is -2.47. The smallest absolute Gasteiger partial charge is 0.242 e. The summed E-state index contributed by atoms with van der Waals surface area (Å²) in [4.78, 5) is 23.5. The molecule has 0 heterocycles. The molecule has 4 heteroatoms. The van der Waals surface area contributed by atoms with Crippen molar-refractivity contribution in [3.8, 4) is 0 Å². The molecule has 2 N–H and O–H groups in total. The minimum absolute atomic E-state index is 0.000434. The number of benzene rings is 1. The molecule has 0 aliphatic heterocycles. The summed E-state index contributed by atoms with van der Waals surface area (Å²) in [5.41, 5.74) is 1.04. The fourth-order valence-corrected chi connectivity index (χ4v) is 1.87. The van der Waals surface area contributed by atoms with Crippen molar-refractivity contribution < 1.29 is 9.59 Å². The number of likely N-dealkylation sites (N-methyl/N-ethyl adjacent to an activating group) is 1. The van der Waals surface area contributed by atoms with E-state index in [4.69, 9.17) is 0 Å². The summed E-state index contributed by atoms with van der Waals surface area (Å²) in [6.07, 6.45) is 2.41. The standard InChI is InChI=1S/C14H18N2O2/c1-15-14(18)12(16-13(17)11-7-8-11)9-10-5-3-2-4-6-10/h2-6,11-12H,7-9H2,1H3,(H,15,18)(H,16,17). The van der Waals surface area contributed by atoms with Crippen molar-refractivity contribution in [2.75, 3.05) is 7.05 Å². The fraction of sp³-hybridized carbons (Fsp3) is 0.429. The molecule has 1 aromatic rings. The van der Waals surface area contributed by atoms with Crippen molar-refractivity contribution in [2.45, 2.75) is 25.3 Å². The second kappa shape index (κ2) is 5.67. The predicted octanol–water partition coefficient (Wildman–Crippen LogP) is 0.870. The maximum absolute atomic E-state index is 11.8. The fourth-order valence-electron chi connectivity index (χ4n) is 1.87. The minimum atomic E-state index is -0.481. The van der Waals surface area contributed by atoms with Gasteiger partial charge in [-0.05, 0) is 18.4 Å². The van der Waals surface area contributed by atoms with Gasteiger partial charge in [0.15, 0.2) is 0 Å². The number of hydrogen-bond acceptors (Lipinski definition) is 2. The zero-order valence-corrected chi connectivity index (χ0v) is 10.5. The number of hydrogen-bond donors (Lipinski definition) is 2. The summed E-state index contributed by atoms with van der Waals surface area (Å²) in [6, 6.07) is 9.22. The van der Waals surface area contributed by atoms with E-state index in [2.05, 4.69) is 10.6 Å². The van der Waals surface area contributed by atoms with E-state index in [1.54, 1.807) is 7.05 Å². The second-order valence-electron chi connectivity index (χ2n) is 4.64. The Morgan fingerprint density at radius 1 is 1.28 bits per heavy atom. The number of carbonyl (C=O) groups excluding carboxylic acids is 2. The van der Waals surface area contributed by atoms with Crippen LogP contribution < -0.4 is 10.6 Å². The van der Waals surface area contributed by atoms with Gasteiger partial charge in [-0.15, -0.1) is 0 Å². The summed E-state index contributed by atoms with van der Waals surface area (Å²) < 4.78 is 0. The molecule has 1 aliphatic rings. The molecule has 18 heavy (non-hydrogen) atoms. The zero-order chi connectivity index (χ0) is 13.0. The molecule has 2 amide bonds. The third kappa shape index (κ3) is 3.32. The van der Waals surface area contributed by atoms with Gasteiger partial charge in [0, 0.05) is 19.4 Å². The van der Waals surface area contributed by atoms with Gasteiger partial charge in [-0.1, -0.05) is 30.3 Å². The Balaban J connectivity index is 2.00. The van der Waals surface area contributed by atoms with E-state index in [0.29, 0.717) is 6.42 Å². The highest BCUT2D eigenvalue weighted by molar-refractivity contribution is 5.89. The van der Waals surface area contributed by atoms with Crippen LogP contribution in [0.1, 0.15) is 18.4 Å². The Labute approximate surface area is 107 Å². The summed E-state index contributed by atoms with van der Waals surface area (Å²) in [5, 5.41) is 5.42. The first-order chi connectivity index (χ1) is 8.70. The van der Waals surface area contributed by atoms with E-state index in [-0.39, 0.29) is 17.7 Å². The van der Waals surface area contributed by atoms with Gasteiger partial charge < -0.3 is 10.6 Å². The summed E-state index contributed by atoms with van der Waals surface area (Å²) in [5.74, 6) is -0.0275. The van der Waals surface area contributed by atoms with E-state index in [1.165, 1.54) is 0 Å². The predicted molar refractivity (Wildman–Crippen MR) is 68.9 cm³/mol. The Kier molecular flexibility index (Phi) is 3.97. The number of carbonyl (C=O) groups is 2. The van der Waals surface area contributed by atoms with Gasteiger partial charge >= 0.3 is 0 Å². The molecule has 1 aromatic carbocycles. The van der Waals surface area contributed by atoms with E-state index in [0.717, 1.165) is 18.4 Å². The van der Waals surface area contributed by atoms with E-state index >= 15 is 0 Å². The van der Waals surface area contributed by atoms with Gasteiger partial charge in [0.1, 0.15) is 6.04 Å². The summed E-state index contributed by atoms with van der Waals surface area (Å²) in [6.45, 7) is 0. The summed E-state index contributed by atoms with van der Waals surface area (Å²) in [7, 11) is 1.59. The lowest BCUT2D eigenvalue weighted by molar-refractivity contribution is -0.129. The Bertz CT molecular complexity index is 427. The molecule has 1 aliphatic carbocycles. The van der Waals surface area contributed by atoms with Crippen LogP contribution in [0.15, 0.2) is 30.3 Å². The quantitative estimate of drug-likeness (QED) is 0.810. The molecule has 0 saturated heterocycles. The van der Waals surface area contributed by atoms with E-state index in [9.17, 15) is 9.59 Å². The van der Waals surface area contributed by atoms with Crippen molar-refractivity contribution in [3.05, 3.63) is 35.9 Å². The van der Waals surface area contributed by atoms with Crippen LogP contribution >= 0.6 is 0 Å². The second-order valence-corrected chi connectivity index (χ2v) is 4.64. The first kappa shape index (κ1) is 12.6. The van der Waals surface area contributed by atoms with Crippen LogP contribution in [0.3, 0.4) is 0 Å². The third-order valence-corrected chi connectivity index (χ3v) is 3.11. The highest BCUT2D eigenvalue weighted by Crippen LogP contribution is 2.28. The first-order valence-electron chi connectivity index (χ1n) is 6.26. The maximum atomic E-state index is 11.8. The highest BCUT2D eigenvalue weighted by Gasteiger charge is 2.32. The molecule has 0 aromatic heterocycles. The molecule has 1 saturated carbocycles. The van der Waals surface area contributed by atoms with Gasteiger partial charge in [0.25, 0.3) is 0 Å². The molecule has 2 rings (SSSR count). The Morgan fingerprint density at radius 2 is 1.94 bits per heavy atom. The van der Waals surface area contributed by atoms with E-state index in [1.807, 2.05) is 30.3 Å². The van der Waals surface area contributed by atoms with Crippen LogP contribution in [0.4, 0.5) is 0 Å². The number of nitrogens with one attached hydrogen (secondary N) is 2. The van der Waals surface area contributed by atoms with Crippen LogP contribution in [0.25, 0.3) is 0 Å². The van der Waals surface area contributed by atoms with Crippen LogP contribution in [-0.4, -0.2) is 24.9 Å². The van der Waals surface area contributed by atoms with Crippen molar-refractivity contribution >= 4 is 11.8 Å². The van der Waals surface area contributed by atoms with Gasteiger partial charge in [-0.25, -0.2) is 0 Å². The Hall–Kier alpha value is -1.84. The minimum Gasteiger partial charge on any atom is -0.357 e. The van der Waals surface area contributed by atoms with Crippen molar-refractivity contribution in [1.29, 1.82) is 0 Å². The van der Waals surface area contributed by atoms with Crippen molar-refractivity contribution in [1.82, 2.24) is 10.6 Å². The molecular weight excluding hydrogens is 228 g/mol. The van der Waals surface area contributed by atoms with Crippen LogP contribution in [0, 0.1) is 5.92 Å². The molecule has 0 spiro atoms. The SMILES string of the molecule is CNC(=O)C(Cc1ccccc1)NC(=O)C1CC1. The van der Waals surface area contributed by atoms with Crippen LogP contribution in [0.2, 0.25) is 0 Å². The lowest BCUT2D eigenvalue weighted by atomic mass is 10.1. The van der Waals surface area contributed by atoms with E-state index < -0.39 is 6.04 Å². The molecule has 4 nitrogen and oxygen atoms in total. The molecule has 0 radical (unpaired) electrons. The normalized spacial score (nSPS) is 15.8. The number of rotatable bonds is 5. The first-order valence-corrected chi connectivity index (χ1v) is 6.26. The lowest BCUT2D eigenvalue weighted by Gasteiger charge is -2.17. The average Bonchev–Trinajstić information content (AvgIpc) is 3.22. The maximum Gasteiger partial charge on any atom is 0.242 e. The molecule has 96 valence electrons. The van der Waals surface area contributed by atoms with Gasteiger partial charge in [-0.2, -0.15) is 0 Å². The Morgan fingerprint density at radius 3 is 2.50 bits per heavy atom. The molecular formula is C14H18N2O2. The van der Waals surface area contributed by atoms with Crippen LogP contribution in [0.5, 0.6) is 0 Å². The average molecular weight is 246 g/mol. The molecule has 1 fully saturated rings. The zero-order valence-electron chi connectivity index (χ0n) is 10.5. The van der Waals surface area contributed by atoms with Gasteiger partial charge in [0.2, 0.25) is 11.8 Å². The van der Waals surface area contributed by atoms with Crippen molar-refractivity contribution in [2.24, 2.45) is 5.92 Å². The molecule has 1 atom stereocenters. The van der Waals surface area contributed by atoms with Gasteiger partial charge in [-0.3, -0.25) is 9.59 Å². The largest absolute Gasteiger partial charge is 0.357 e. The third-order valence-electron chi connectivity index (χ3n) is 3.11. The van der Waals surface area contributed by atoms with Crippen LogP contribution in [-0.2, 0) is 16.0 Å². The summed E-state index contributed by atoms with van der Waals surface area (Å²) >= 11 is 0. The topological polar surface area (TPSA) is 58.2 Å². The van der Waals surface area contributed by atoms with Gasteiger partial charge in [0.05, 0.1) is 0 Å².